The van der Waals surface area contributed by atoms with Gasteiger partial charge in [-0.15, -0.1) is 0 Å². The van der Waals surface area contributed by atoms with Crippen LogP contribution >= 0.6 is 11.8 Å². The van der Waals surface area contributed by atoms with Crippen molar-refractivity contribution in [3.8, 4) is 5.75 Å². The summed E-state index contributed by atoms with van der Waals surface area (Å²) in [5.41, 5.74) is 3.05. The summed E-state index contributed by atoms with van der Waals surface area (Å²) < 4.78 is 5.47. The predicted molar refractivity (Wildman–Crippen MR) is 134 cm³/mol. The van der Waals surface area contributed by atoms with Gasteiger partial charge >= 0.3 is 0 Å². The van der Waals surface area contributed by atoms with Crippen molar-refractivity contribution >= 4 is 23.6 Å². The minimum absolute atomic E-state index is 0.0157. The second-order valence-corrected chi connectivity index (χ2v) is 9.95. The first-order valence-corrected chi connectivity index (χ1v) is 13.5. The number of fused-ring (bicyclic) bond motifs is 2. The number of piperidine rings is 1. The SMILES string of the molecule is CCOc1ccc(CC(=O)N[C@H](CCSC)C(=O)N2CCC3(CC2)NCCc2[nH]cnc23)cc1. The molecule has 184 valence electrons. The molecule has 1 spiro atoms. The number of nitrogens with one attached hydrogen (secondary N) is 3. The van der Waals surface area contributed by atoms with Gasteiger partial charge in [0.05, 0.1) is 30.6 Å². The van der Waals surface area contributed by atoms with Crippen molar-refractivity contribution in [2.45, 2.75) is 50.6 Å². The fourth-order valence-electron chi connectivity index (χ4n) is 4.97. The Balaban J connectivity index is 1.36. The largest absolute Gasteiger partial charge is 0.494 e. The van der Waals surface area contributed by atoms with Crippen LogP contribution in [0, 0.1) is 0 Å². The predicted octanol–water partition coefficient (Wildman–Crippen LogP) is 2.25. The number of nitrogens with zero attached hydrogens (tertiary/aromatic N) is 2. The van der Waals surface area contributed by atoms with Crippen molar-refractivity contribution in [3.63, 3.8) is 0 Å². The van der Waals surface area contributed by atoms with Crippen LogP contribution in [-0.4, -0.2) is 71.0 Å². The lowest BCUT2D eigenvalue weighted by Gasteiger charge is -2.44. The molecule has 0 radical (unpaired) electrons. The van der Waals surface area contributed by atoms with Gasteiger partial charge in [-0.05, 0) is 55.9 Å². The van der Waals surface area contributed by atoms with Crippen molar-refractivity contribution in [1.29, 1.82) is 0 Å². The molecule has 1 saturated heterocycles. The number of H-pyrrole nitrogens is 1. The lowest BCUT2D eigenvalue weighted by Crippen LogP contribution is -2.58. The third-order valence-electron chi connectivity index (χ3n) is 6.78. The maximum absolute atomic E-state index is 13.4. The van der Waals surface area contributed by atoms with Gasteiger partial charge in [-0.25, -0.2) is 4.98 Å². The van der Waals surface area contributed by atoms with E-state index < -0.39 is 6.04 Å². The highest BCUT2D eigenvalue weighted by atomic mass is 32.2. The summed E-state index contributed by atoms with van der Waals surface area (Å²) in [6.45, 7) is 4.78. The van der Waals surface area contributed by atoms with Gasteiger partial charge in [0.2, 0.25) is 11.8 Å². The van der Waals surface area contributed by atoms with Crippen molar-refractivity contribution in [3.05, 3.63) is 47.5 Å². The summed E-state index contributed by atoms with van der Waals surface area (Å²) in [4.78, 5) is 36.0. The second-order valence-electron chi connectivity index (χ2n) is 8.97. The van der Waals surface area contributed by atoms with Gasteiger partial charge in [-0.2, -0.15) is 11.8 Å². The number of thioether (sulfide) groups is 1. The molecule has 3 heterocycles. The number of hydrogen-bond donors (Lipinski definition) is 3. The van der Waals surface area contributed by atoms with Gasteiger partial charge in [0.15, 0.2) is 0 Å². The number of likely N-dealkylation sites (tertiary alicyclic amines) is 1. The van der Waals surface area contributed by atoms with E-state index in [4.69, 9.17) is 4.74 Å². The number of aromatic amines is 1. The number of amides is 2. The van der Waals surface area contributed by atoms with E-state index in [1.165, 1.54) is 5.69 Å². The molecule has 2 aromatic rings. The molecule has 1 fully saturated rings. The molecule has 4 rings (SSSR count). The normalized spacial score (nSPS) is 17.8. The maximum atomic E-state index is 13.4. The third-order valence-corrected chi connectivity index (χ3v) is 7.43. The fourth-order valence-corrected chi connectivity index (χ4v) is 5.44. The van der Waals surface area contributed by atoms with E-state index in [1.807, 2.05) is 42.3 Å². The van der Waals surface area contributed by atoms with E-state index in [1.54, 1.807) is 18.1 Å². The van der Waals surface area contributed by atoms with E-state index in [9.17, 15) is 9.59 Å². The Labute approximate surface area is 205 Å². The highest BCUT2D eigenvalue weighted by Crippen LogP contribution is 2.36. The molecule has 0 bridgehead atoms. The first kappa shape index (κ1) is 24.6. The highest BCUT2D eigenvalue weighted by Gasteiger charge is 2.42. The van der Waals surface area contributed by atoms with Crippen LogP contribution in [0.3, 0.4) is 0 Å². The molecule has 1 atom stereocenters. The van der Waals surface area contributed by atoms with E-state index in [0.717, 1.165) is 48.6 Å². The molecule has 3 N–H and O–H groups in total. The average Bonchev–Trinajstić information content (AvgIpc) is 3.34. The molecule has 2 aliphatic rings. The Hall–Kier alpha value is -2.52. The Morgan fingerprint density at radius 1 is 1.26 bits per heavy atom. The van der Waals surface area contributed by atoms with Crippen molar-refractivity contribution in [2.24, 2.45) is 0 Å². The van der Waals surface area contributed by atoms with Crippen LogP contribution in [-0.2, 0) is 28.0 Å². The van der Waals surface area contributed by atoms with E-state index in [-0.39, 0.29) is 23.8 Å². The van der Waals surface area contributed by atoms with Gasteiger partial charge in [-0.3, -0.25) is 9.59 Å². The highest BCUT2D eigenvalue weighted by molar-refractivity contribution is 7.98. The number of ether oxygens (including phenoxy) is 1. The Bertz CT molecular complexity index is 969. The first-order valence-electron chi connectivity index (χ1n) is 12.1. The molecule has 1 aromatic carbocycles. The van der Waals surface area contributed by atoms with Gasteiger partial charge in [-0.1, -0.05) is 12.1 Å². The quantitative estimate of drug-likeness (QED) is 0.504. The van der Waals surface area contributed by atoms with Gasteiger partial charge in [0.1, 0.15) is 11.8 Å². The number of imidazole rings is 1. The summed E-state index contributed by atoms with van der Waals surface area (Å²) in [5, 5.41) is 6.68. The molecule has 0 saturated carbocycles. The molecule has 0 unspecified atom stereocenters. The Morgan fingerprint density at radius 3 is 2.74 bits per heavy atom. The Morgan fingerprint density at radius 2 is 2.03 bits per heavy atom. The van der Waals surface area contributed by atoms with Crippen LogP contribution in [0.5, 0.6) is 5.75 Å². The monoisotopic (exact) mass is 485 g/mol. The Kier molecular flexibility index (Phi) is 8.15. The summed E-state index contributed by atoms with van der Waals surface area (Å²) in [7, 11) is 0. The number of rotatable bonds is 9. The van der Waals surface area contributed by atoms with Crippen LogP contribution < -0.4 is 15.4 Å². The second kappa shape index (κ2) is 11.3. The molecule has 34 heavy (non-hydrogen) atoms. The topological polar surface area (TPSA) is 99.4 Å². The van der Waals surface area contributed by atoms with Gasteiger partial charge < -0.3 is 25.3 Å². The number of carbonyl (C=O) groups is 2. The van der Waals surface area contributed by atoms with E-state index in [0.29, 0.717) is 26.1 Å². The zero-order chi connectivity index (χ0) is 24.0. The minimum atomic E-state index is -0.503. The molecule has 1 aromatic heterocycles. The molecular weight excluding hydrogens is 450 g/mol. The van der Waals surface area contributed by atoms with Crippen LogP contribution in [0.25, 0.3) is 0 Å². The molecule has 8 nitrogen and oxygen atoms in total. The van der Waals surface area contributed by atoms with Crippen LogP contribution in [0.1, 0.15) is 43.1 Å². The number of carbonyl (C=O) groups excluding carboxylic acids is 2. The van der Waals surface area contributed by atoms with E-state index in [2.05, 4.69) is 20.6 Å². The smallest absolute Gasteiger partial charge is 0.245 e. The maximum Gasteiger partial charge on any atom is 0.245 e. The zero-order valence-corrected chi connectivity index (χ0v) is 20.9. The number of benzene rings is 1. The van der Waals surface area contributed by atoms with Crippen molar-refractivity contribution in [2.75, 3.05) is 38.2 Å². The summed E-state index contributed by atoms with van der Waals surface area (Å²) >= 11 is 1.68. The van der Waals surface area contributed by atoms with Crippen LogP contribution in [0.4, 0.5) is 0 Å². The van der Waals surface area contributed by atoms with E-state index >= 15 is 0 Å². The molecule has 0 aliphatic carbocycles. The third kappa shape index (κ3) is 5.58. The minimum Gasteiger partial charge on any atom is -0.494 e. The molecule has 9 heteroatoms. The molecule has 2 aliphatic heterocycles. The lowest BCUT2D eigenvalue weighted by molar-refractivity contribution is -0.138. The van der Waals surface area contributed by atoms with Crippen LogP contribution in [0.2, 0.25) is 0 Å². The fraction of sp³-hybridized carbons (Fsp3) is 0.560. The number of aromatic nitrogens is 2. The molecule has 2 amide bonds. The average molecular weight is 486 g/mol. The van der Waals surface area contributed by atoms with Gasteiger partial charge in [0.25, 0.3) is 0 Å². The molecular formula is C25H35N5O3S. The van der Waals surface area contributed by atoms with Crippen LogP contribution in [0.15, 0.2) is 30.6 Å². The summed E-state index contributed by atoms with van der Waals surface area (Å²) in [5.74, 6) is 1.49. The van der Waals surface area contributed by atoms with Crippen molar-refractivity contribution < 1.29 is 14.3 Å². The van der Waals surface area contributed by atoms with Gasteiger partial charge in [0, 0.05) is 31.7 Å². The van der Waals surface area contributed by atoms with Crippen molar-refractivity contribution in [1.82, 2.24) is 25.5 Å². The summed E-state index contributed by atoms with van der Waals surface area (Å²) in [6, 6.07) is 7.03. The standard InChI is InChI=1S/C25H35N5O3S/c1-3-33-19-6-4-18(5-7-19)16-22(31)29-21(9-15-34-2)24(32)30-13-10-25(11-14-30)23-20(8-12-28-25)26-17-27-23/h4-7,17,21,28H,3,8-16H2,1-2H3,(H,26,27)(H,29,31)/t21-/m1/s1. The summed E-state index contributed by atoms with van der Waals surface area (Å²) in [6.07, 6.45) is 7.26. The zero-order valence-electron chi connectivity index (χ0n) is 20.1. The first-order chi connectivity index (χ1) is 16.5. The number of hydrogen-bond acceptors (Lipinski definition) is 6. The lowest BCUT2D eigenvalue weighted by atomic mass is 9.80.